The van der Waals surface area contributed by atoms with Crippen LogP contribution in [0.2, 0.25) is 0 Å². The molecule has 0 saturated carbocycles. The van der Waals surface area contributed by atoms with Gasteiger partial charge in [-0.05, 0) is 31.0 Å². The summed E-state index contributed by atoms with van der Waals surface area (Å²) in [7, 11) is 1.66. The van der Waals surface area contributed by atoms with E-state index in [1.165, 1.54) is 4.90 Å². The van der Waals surface area contributed by atoms with Gasteiger partial charge in [-0.25, -0.2) is 4.99 Å². The molecule has 3 amide bonds. The molecule has 3 heterocycles. The molecule has 0 bridgehead atoms. The Kier molecular flexibility index (Phi) is 3.60. The van der Waals surface area contributed by atoms with Crippen LogP contribution in [0.4, 0.5) is 5.69 Å². The first kappa shape index (κ1) is 16.4. The number of nitrogens with two attached hydrogens (primary N) is 1. The van der Waals surface area contributed by atoms with E-state index in [0.717, 1.165) is 0 Å². The van der Waals surface area contributed by atoms with Crippen LogP contribution < -0.4 is 20.7 Å². The van der Waals surface area contributed by atoms with Crippen LogP contribution in [-0.2, 0) is 9.59 Å². The van der Waals surface area contributed by atoms with Crippen molar-refractivity contribution in [3.8, 4) is 5.75 Å². The van der Waals surface area contributed by atoms with Crippen molar-refractivity contribution >= 4 is 29.4 Å². The van der Waals surface area contributed by atoms with Crippen molar-refractivity contribution in [3.05, 3.63) is 23.8 Å². The molecule has 26 heavy (non-hydrogen) atoms. The van der Waals surface area contributed by atoms with E-state index in [0.29, 0.717) is 42.9 Å². The third-order valence-corrected chi connectivity index (χ3v) is 5.17. The van der Waals surface area contributed by atoms with Crippen LogP contribution in [-0.4, -0.2) is 60.9 Å². The van der Waals surface area contributed by atoms with Gasteiger partial charge in [0, 0.05) is 25.7 Å². The van der Waals surface area contributed by atoms with Crippen molar-refractivity contribution in [1.82, 2.24) is 10.2 Å². The number of nitrogens with one attached hydrogen (secondary N) is 1. The number of amides is 3. The number of guanidine groups is 1. The molecule has 1 fully saturated rings. The second kappa shape index (κ2) is 5.72. The number of carbonyl (C=O) groups excluding carboxylic acids is 3. The maximum absolute atomic E-state index is 12.8. The third kappa shape index (κ3) is 2.47. The van der Waals surface area contributed by atoms with E-state index in [1.807, 2.05) is 0 Å². The molecule has 0 atom stereocenters. The van der Waals surface area contributed by atoms with Gasteiger partial charge in [-0.3, -0.25) is 19.7 Å². The summed E-state index contributed by atoms with van der Waals surface area (Å²) < 4.78 is 5.38. The quantitative estimate of drug-likeness (QED) is 0.700. The van der Waals surface area contributed by atoms with Gasteiger partial charge in [-0.15, -0.1) is 0 Å². The number of carbonyl (C=O) groups is 3. The molecule has 3 aliphatic rings. The zero-order valence-corrected chi connectivity index (χ0v) is 14.3. The standard InChI is InChI=1S/C17H19N5O4/c1-21-11-8-10(2-3-12(11)26-9-13(21)23)14(24)22-6-4-17(5-7-22)15(25)19-16(18)20-17/h2-3,8H,4-7,9H2,1H3,(H3,18,19,20,25). The van der Waals surface area contributed by atoms with Crippen molar-refractivity contribution in [1.29, 1.82) is 0 Å². The number of likely N-dealkylation sites (tertiary alicyclic amines) is 1. The number of rotatable bonds is 1. The monoisotopic (exact) mass is 357 g/mol. The molecule has 9 nitrogen and oxygen atoms in total. The van der Waals surface area contributed by atoms with E-state index in [4.69, 9.17) is 10.5 Å². The van der Waals surface area contributed by atoms with Crippen LogP contribution in [0, 0.1) is 0 Å². The molecular formula is C17H19N5O4. The smallest absolute Gasteiger partial charge is 0.264 e. The molecule has 3 aliphatic heterocycles. The van der Waals surface area contributed by atoms with E-state index in [-0.39, 0.29) is 30.3 Å². The average molecular weight is 357 g/mol. The molecule has 1 spiro atoms. The Morgan fingerprint density at radius 2 is 2.04 bits per heavy atom. The molecule has 0 unspecified atom stereocenters. The van der Waals surface area contributed by atoms with Crippen LogP contribution in [0.1, 0.15) is 23.2 Å². The van der Waals surface area contributed by atoms with Crippen molar-refractivity contribution in [2.75, 3.05) is 31.6 Å². The molecule has 0 aromatic heterocycles. The number of likely N-dealkylation sites (N-methyl/N-ethyl adjacent to an activating group) is 1. The number of aliphatic imine (C=N–C) groups is 1. The van der Waals surface area contributed by atoms with Crippen molar-refractivity contribution in [2.24, 2.45) is 10.7 Å². The predicted molar refractivity (Wildman–Crippen MR) is 93.0 cm³/mol. The summed E-state index contributed by atoms with van der Waals surface area (Å²) >= 11 is 0. The molecular weight excluding hydrogens is 338 g/mol. The Morgan fingerprint density at radius 3 is 2.69 bits per heavy atom. The van der Waals surface area contributed by atoms with Gasteiger partial charge >= 0.3 is 0 Å². The number of fused-ring (bicyclic) bond motifs is 1. The van der Waals surface area contributed by atoms with Gasteiger partial charge in [0.05, 0.1) is 5.69 Å². The van der Waals surface area contributed by atoms with Crippen LogP contribution in [0.3, 0.4) is 0 Å². The third-order valence-electron chi connectivity index (χ3n) is 5.17. The first-order valence-corrected chi connectivity index (χ1v) is 8.39. The van der Waals surface area contributed by atoms with Gasteiger partial charge in [-0.1, -0.05) is 0 Å². The highest BCUT2D eigenvalue weighted by molar-refractivity contribution is 6.07. The lowest BCUT2D eigenvalue weighted by Gasteiger charge is -2.35. The lowest BCUT2D eigenvalue weighted by Crippen LogP contribution is -2.50. The Morgan fingerprint density at radius 1 is 1.31 bits per heavy atom. The second-order valence-corrected chi connectivity index (χ2v) is 6.70. The minimum Gasteiger partial charge on any atom is -0.482 e. The van der Waals surface area contributed by atoms with E-state index < -0.39 is 5.54 Å². The molecule has 1 aromatic rings. The predicted octanol–water partition coefficient (Wildman–Crippen LogP) is -0.539. The number of benzene rings is 1. The van der Waals surface area contributed by atoms with Crippen LogP contribution in [0.5, 0.6) is 5.75 Å². The summed E-state index contributed by atoms with van der Waals surface area (Å²) in [6.45, 7) is 0.813. The van der Waals surface area contributed by atoms with Gasteiger partial charge in [0.2, 0.25) is 0 Å². The van der Waals surface area contributed by atoms with Gasteiger partial charge in [-0.2, -0.15) is 0 Å². The number of nitrogens with zero attached hydrogens (tertiary/aromatic N) is 3. The zero-order chi connectivity index (χ0) is 18.5. The topological polar surface area (TPSA) is 117 Å². The van der Waals surface area contributed by atoms with Gasteiger partial charge < -0.3 is 20.3 Å². The lowest BCUT2D eigenvalue weighted by atomic mass is 9.87. The Hall–Kier alpha value is -3.10. The Bertz CT molecular complexity index is 842. The summed E-state index contributed by atoms with van der Waals surface area (Å²) in [6.07, 6.45) is 0.857. The van der Waals surface area contributed by atoms with E-state index >= 15 is 0 Å². The highest BCUT2D eigenvalue weighted by Crippen LogP contribution is 2.34. The Labute approximate surface area is 149 Å². The number of anilines is 1. The molecule has 0 radical (unpaired) electrons. The normalized spacial score (nSPS) is 21.2. The molecule has 3 N–H and O–H groups in total. The largest absolute Gasteiger partial charge is 0.482 e. The van der Waals surface area contributed by atoms with Crippen LogP contribution in [0.25, 0.3) is 0 Å². The number of hydrogen-bond acceptors (Lipinski definition) is 6. The van der Waals surface area contributed by atoms with Gasteiger partial charge in [0.1, 0.15) is 11.3 Å². The van der Waals surface area contributed by atoms with E-state index in [9.17, 15) is 14.4 Å². The maximum Gasteiger partial charge on any atom is 0.264 e. The fourth-order valence-electron chi connectivity index (χ4n) is 3.55. The van der Waals surface area contributed by atoms with E-state index in [2.05, 4.69) is 10.3 Å². The number of piperidine rings is 1. The number of hydrogen-bond donors (Lipinski definition) is 2. The van der Waals surface area contributed by atoms with Gasteiger partial charge in [0.15, 0.2) is 12.6 Å². The summed E-state index contributed by atoms with van der Waals surface area (Å²) in [5.74, 6) is 0.202. The van der Waals surface area contributed by atoms with E-state index in [1.54, 1.807) is 30.1 Å². The fraction of sp³-hybridized carbons (Fsp3) is 0.412. The van der Waals surface area contributed by atoms with Crippen molar-refractivity contribution in [3.63, 3.8) is 0 Å². The summed E-state index contributed by atoms with van der Waals surface area (Å²) in [5, 5.41) is 2.53. The summed E-state index contributed by atoms with van der Waals surface area (Å²) in [5.41, 5.74) is 5.80. The molecule has 136 valence electrons. The van der Waals surface area contributed by atoms with Crippen LogP contribution >= 0.6 is 0 Å². The Balaban J connectivity index is 1.51. The van der Waals surface area contributed by atoms with Gasteiger partial charge in [0.25, 0.3) is 17.7 Å². The highest BCUT2D eigenvalue weighted by atomic mass is 16.5. The minimum atomic E-state index is -0.850. The molecule has 9 heteroatoms. The molecule has 4 rings (SSSR count). The highest BCUT2D eigenvalue weighted by Gasteiger charge is 2.46. The molecule has 0 aliphatic carbocycles. The summed E-state index contributed by atoms with van der Waals surface area (Å²) in [4.78, 5) is 44.1. The fourth-order valence-corrected chi connectivity index (χ4v) is 3.55. The lowest BCUT2D eigenvalue weighted by molar-refractivity contribution is -0.125. The average Bonchev–Trinajstić information content (AvgIpc) is 2.91. The summed E-state index contributed by atoms with van der Waals surface area (Å²) in [6, 6.07) is 5.05. The number of ether oxygens (including phenoxy) is 1. The minimum absolute atomic E-state index is 0.00326. The van der Waals surface area contributed by atoms with Crippen LogP contribution in [0.15, 0.2) is 23.2 Å². The second-order valence-electron chi connectivity index (χ2n) is 6.70. The zero-order valence-electron chi connectivity index (χ0n) is 14.3. The SMILES string of the molecule is CN1C(=O)COc2ccc(C(=O)N3CCC4(CC3)N=C(N)NC4=O)cc21. The van der Waals surface area contributed by atoms with Crippen molar-refractivity contribution < 1.29 is 19.1 Å². The first-order chi connectivity index (χ1) is 12.4. The molecule has 1 saturated heterocycles. The first-order valence-electron chi connectivity index (χ1n) is 8.39. The molecule has 1 aromatic carbocycles. The maximum atomic E-state index is 12.8. The van der Waals surface area contributed by atoms with Crippen molar-refractivity contribution in [2.45, 2.75) is 18.4 Å².